The summed E-state index contributed by atoms with van der Waals surface area (Å²) < 4.78 is 32.1. The van der Waals surface area contributed by atoms with Crippen LogP contribution in [0.1, 0.15) is 45.4 Å². The van der Waals surface area contributed by atoms with Crippen LogP contribution in [0.3, 0.4) is 0 Å². The predicted molar refractivity (Wildman–Crippen MR) is 119 cm³/mol. The molecule has 1 saturated carbocycles. The Labute approximate surface area is 187 Å². The summed E-state index contributed by atoms with van der Waals surface area (Å²) in [6.45, 7) is 7.85. The minimum atomic E-state index is -0.373. The van der Waals surface area contributed by atoms with Crippen molar-refractivity contribution in [1.29, 1.82) is 0 Å². The van der Waals surface area contributed by atoms with Crippen molar-refractivity contribution in [3.8, 4) is 0 Å². The van der Waals surface area contributed by atoms with Gasteiger partial charge in [-0.1, -0.05) is 13.3 Å². The van der Waals surface area contributed by atoms with E-state index in [9.17, 15) is 4.79 Å². The Morgan fingerprint density at radius 3 is 1.63 bits per heavy atom. The Balaban J connectivity index is 1.72. The number of unbranched alkanes of at least 4 members (excludes halogenated alkanes) is 1. The first-order valence-electron chi connectivity index (χ1n) is 11.2. The van der Waals surface area contributed by atoms with Crippen LogP contribution in [0.2, 0.25) is 0 Å². The minimum Gasteiger partial charge on any atom is -0.447 e. The van der Waals surface area contributed by atoms with Gasteiger partial charge in [-0.25, -0.2) is 4.79 Å². The molecule has 0 aromatic heterocycles. The van der Waals surface area contributed by atoms with Gasteiger partial charge in [0.1, 0.15) is 6.61 Å². The summed E-state index contributed by atoms with van der Waals surface area (Å²) in [4.78, 5) is 11.7. The molecule has 30 heavy (non-hydrogen) atoms. The molecule has 8 nitrogen and oxygen atoms in total. The zero-order valence-electron chi connectivity index (χ0n) is 18.5. The summed E-state index contributed by atoms with van der Waals surface area (Å²) in [6.07, 6.45) is 5.85. The molecule has 0 bridgehead atoms. The molecule has 0 heterocycles. The molecule has 178 valence electrons. The minimum absolute atomic E-state index is 0.202. The highest BCUT2D eigenvalue weighted by Crippen LogP contribution is 2.22. The van der Waals surface area contributed by atoms with Crippen molar-refractivity contribution in [1.82, 2.24) is 5.32 Å². The number of amides is 1. The molecule has 9 heteroatoms. The second-order valence-electron chi connectivity index (χ2n) is 7.20. The standard InChI is InChI=1S/C21H41NO7S/c1-2-3-8-24-9-10-25-11-12-26-13-14-27-15-16-28-17-18-29-21(23)22-19-4-6-20(30)7-5-19/h19-20,30H,2-18H2,1H3,(H,22,23). The van der Waals surface area contributed by atoms with Gasteiger partial charge in [-0.15, -0.1) is 0 Å². The van der Waals surface area contributed by atoms with Crippen molar-refractivity contribution in [3.63, 3.8) is 0 Å². The fourth-order valence-electron chi connectivity index (χ4n) is 2.85. The summed E-state index contributed by atoms with van der Waals surface area (Å²) in [5, 5.41) is 3.35. The molecule has 0 aliphatic heterocycles. The summed E-state index contributed by atoms with van der Waals surface area (Å²) in [5.74, 6) is 0. The van der Waals surface area contributed by atoms with Gasteiger partial charge in [-0.3, -0.25) is 0 Å². The van der Waals surface area contributed by atoms with Crippen molar-refractivity contribution in [2.45, 2.75) is 56.7 Å². The monoisotopic (exact) mass is 451 g/mol. The van der Waals surface area contributed by atoms with Crippen LogP contribution in [0.15, 0.2) is 0 Å². The molecule has 0 aromatic rings. The summed E-state index contributed by atoms with van der Waals surface area (Å²) >= 11 is 4.45. The largest absolute Gasteiger partial charge is 0.447 e. The van der Waals surface area contributed by atoms with Gasteiger partial charge in [0, 0.05) is 17.9 Å². The molecular weight excluding hydrogens is 410 g/mol. The number of hydrogen-bond donors (Lipinski definition) is 2. The lowest BCUT2D eigenvalue weighted by molar-refractivity contribution is -0.0140. The smallest absolute Gasteiger partial charge is 0.407 e. The van der Waals surface area contributed by atoms with Crippen LogP contribution in [-0.2, 0) is 28.4 Å². The van der Waals surface area contributed by atoms with Gasteiger partial charge in [0.05, 0.1) is 59.5 Å². The molecule has 1 aliphatic rings. The number of ether oxygens (including phenoxy) is 6. The van der Waals surface area contributed by atoms with Gasteiger partial charge in [0.25, 0.3) is 0 Å². The Morgan fingerprint density at radius 1 is 0.733 bits per heavy atom. The van der Waals surface area contributed by atoms with Gasteiger partial charge in [-0.2, -0.15) is 12.6 Å². The van der Waals surface area contributed by atoms with Gasteiger partial charge >= 0.3 is 6.09 Å². The average Bonchev–Trinajstić information content (AvgIpc) is 2.74. The number of carbonyl (C=O) groups is 1. The third-order valence-electron chi connectivity index (χ3n) is 4.61. The fraction of sp³-hybridized carbons (Fsp3) is 0.952. The first-order chi connectivity index (χ1) is 14.7. The van der Waals surface area contributed by atoms with E-state index in [0.29, 0.717) is 64.7 Å². The van der Waals surface area contributed by atoms with Crippen molar-refractivity contribution in [2.24, 2.45) is 0 Å². The summed E-state index contributed by atoms with van der Waals surface area (Å²) in [5.41, 5.74) is 0. The average molecular weight is 452 g/mol. The maximum atomic E-state index is 11.7. The Kier molecular flexibility index (Phi) is 18.6. The van der Waals surface area contributed by atoms with Gasteiger partial charge < -0.3 is 33.7 Å². The Bertz CT molecular complexity index is 396. The van der Waals surface area contributed by atoms with E-state index in [-0.39, 0.29) is 18.7 Å². The van der Waals surface area contributed by atoms with Crippen molar-refractivity contribution >= 4 is 18.7 Å². The van der Waals surface area contributed by atoms with Crippen LogP contribution in [0.25, 0.3) is 0 Å². The van der Waals surface area contributed by atoms with Crippen LogP contribution < -0.4 is 5.32 Å². The third kappa shape index (κ3) is 17.1. The Hall–Kier alpha value is -0.580. The van der Waals surface area contributed by atoms with E-state index in [1.807, 2.05) is 0 Å². The molecule has 0 unspecified atom stereocenters. The molecule has 1 rings (SSSR count). The number of thiol groups is 1. The van der Waals surface area contributed by atoms with E-state index in [2.05, 4.69) is 24.9 Å². The quantitative estimate of drug-likeness (QED) is 0.231. The zero-order valence-corrected chi connectivity index (χ0v) is 19.4. The number of rotatable bonds is 19. The molecule has 0 saturated heterocycles. The van der Waals surface area contributed by atoms with Crippen LogP contribution >= 0.6 is 12.6 Å². The normalized spacial score (nSPS) is 19.0. The number of nitrogens with one attached hydrogen (secondary N) is 1. The summed E-state index contributed by atoms with van der Waals surface area (Å²) in [6, 6.07) is 0.202. The highest BCUT2D eigenvalue weighted by molar-refractivity contribution is 7.80. The van der Waals surface area contributed by atoms with E-state index >= 15 is 0 Å². The van der Waals surface area contributed by atoms with E-state index < -0.39 is 0 Å². The van der Waals surface area contributed by atoms with Crippen LogP contribution in [-0.4, -0.2) is 90.1 Å². The molecule has 0 spiro atoms. The second-order valence-corrected chi connectivity index (χ2v) is 7.93. The highest BCUT2D eigenvalue weighted by Gasteiger charge is 2.20. The SMILES string of the molecule is CCCCOCCOCCOCCOCCOCCOC(=O)NC1CCC(S)CC1. The number of carbonyl (C=O) groups excluding carboxylic acids is 1. The van der Waals surface area contributed by atoms with Crippen molar-refractivity contribution in [2.75, 3.05) is 72.7 Å². The molecule has 0 atom stereocenters. The van der Waals surface area contributed by atoms with Crippen molar-refractivity contribution < 1.29 is 33.2 Å². The van der Waals surface area contributed by atoms with Crippen LogP contribution in [0, 0.1) is 0 Å². The van der Waals surface area contributed by atoms with Gasteiger partial charge in [-0.05, 0) is 32.1 Å². The van der Waals surface area contributed by atoms with E-state index in [1.54, 1.807) is 0 Å². The van der Waals surface area contributed by atoms with E-state index in [0.717, 1.165) is 45.1 Å². The molecule has 1 amide bonds. The highest BCUT2D eigenvalue weighted by atomic mass is 32.1. The topological polar surface area (TPSA) is 84.5 Å². The first kappa shape index (κ1) is 27.5. The van der Waals surface area contributed by atoms with Crippen LogP contribution in [0.4, 0.5) is 4.79 Å². The molecule has 0 radical (unpaired) electrons. The number of alkyl carbamates (subject to hydrolysis) is 1. The van der Waals surface area contributed by atoms with Gasteiger partial charge in [0.15, 0.2) is 0 Å². The Morgan fingerprint density at radius 2 is 1.17 bits per heavy atom. The molecule has 0 aromatic carbocycles. The maximum Gasteiger partial charge on any atom is 0.407 e. The molecule has 1 N–H and O–H groups in total. The van der Waals surface area contributed by atoms with Crippen molar-refractivity contribution in [3.05, 3.63) is 0 Å². The lowest BCUT2D eigenvalue weighted by Crippen LogP contribution is -2.38. The fourth-order valence-corrected chi connectivity index (χ4v) is 3.15. The zero-order chi connectivity index (χ0) is 21.7. The second kappa shape index (κ2) is 20.3. The van der Waals surface area contributed by atoms with Crippen LogP contribution in [0.5, 0.6) is 0 Å². The first-order valence-corrected chi connectivity index (χ1v) is 11.7. The lowest BCUT2D eigenvalue weighted by Gasteiger charge is -2.26. The predicted octanol–water partition coefficient (Wildman–Crippen LogP) is 2.84. The van der Waals surface area contributed by atoms with E-state index in [1.165, 1.54) is 0 Å². The maximum absolute atomic E-state index is 11.7. The molecular formula is C21H41NO7S. The van der Waals surface area contributed by atoms with Gasteiger partial charge in [0.2, 0.25) is 0 Å². The molecule has 1 aliphatic carbocycles. The lowest BCUT2D eigenvalue weighted by atomic mass is 9.95. The number of hydrogen-bond acceptors (Lipinski definition) is 8. The summed E-state index contributed by atoms with van der Waals surface area (Å²) in [7, 11) is 0. The molecule has 1 fully saturated rings. The van der Waals surface area contributed by atoms with E-state index in [4.69, 9.17) is 28.4 Å². The third-order valence-corrected chi connectivity index (χ3v) is 5.13.